The average molecular weight is 266 g/mol. The maximum absolute atomic E-state index is 11.4. The summed E-state index contributed by atoms with van der Waals surface area (Å²) in [7, 11) is 1.22. The lowest BCUT2D eigenvalue weighted by Gasteiger charge is -2.17. The minimum absolute atomic E-state index is 0.160. The number of esters is 1. The molecule has 0 fully saturated rings. The van der Waals surface area contributed by atoms with Gasteiger partial charge in [0.05, 0.1) is 25.3 Å². The molecule has 1 aromatic rings. The summed E-state index contributed by atoms with van der Waals surface area (Å²) in [6.07, 6.45) is -2.61. The van der Waals surface area contributed by atoms with Gasteiger partial charge in [-0.1, -0.05) is 5.11 Å². The quantitative estimate of drug-likeness (QED) is 0.237. The third kappa shape index (κ3) is 3.85. The SMILES string of the molecule is COC(=O)c1cc(N)cc(C(O)C(O)CN=[N+]=[N-])c1. The highest BCUT2D eigenvalue weighted by Gasteiger charge is 2.19. The molecule has 0 saturated carbocycles. The smallest absolute Gasteiger partial charge is 0.337 e. The fourth-order valence-electron chi connectivity index (χ4n) is 1.53. The van der Waals surface area contributed by atoms with Gasteiger partial charge in [-0.15, -0.1) is 0 Å². The molecule has 2 unspecified atom stereocenters. The first-order valence-corrected chi connectivity index (χ1v) is 5.35. The van der Waals surface area contributed by atoms with E-state index in [1.54, 1.807) is 0 Å². The number of aliphatic hydroxyl groups is 2. The van der Waals surface area contributed by atoms with Crippen LogP contribution in [0.3, 0.4) is 0 Å². The van der Waals surface area contributed by atoms with Gasteiger partial charge in [0.25, 0.3) is 0 Å². The van der Waals surface area contributed by atoms with Crippen LogP contribution in [0.5, 0.6) is 0 Å². The number of aliphatic hydroxyl groups excluding tert-OH is 2. The fraction of sp³-hybridized carbons (Fsp3) is 0.364. The first-order chi connectivity index (χ1) is 8.99. The molecule has 0 heterocycles. The minimum atomic E-state index is -1.32. The second-order valence-corrected chi connectivity index (χ2v) is 3.81. The molecule has 102 valence electrons. The van der Waals surface area contributed by atoms with Gasteiger partial charge in [-0.2, -0.15) is 0 Å². The molecule has 0 aliphatic heterocycles. The van der Waals surface area contributed by atoms with Crippen molar-refractivity contribution in [3.63, 3.8) is 0 Å². The van der Waals surface area contributed by atoms with Crippen LogP contribution in [0.2, 0.25) is 0 Å². The number of nitrogens with two attached hydrogens (primary N) is 1. The highest BCUT2D eigenvalue weighted by Crippen LogP contribution is 2.22. The Kier molecular flexibility index (Phi) is 5.13. The van der Waals surface area contributed by atoms with E-state index in [0.717, 1.165) is 0 Å². The summed E-state index contributed by atoms with van der Waals surface area (Å²) in [5.74, 6) is -0.606. The molecule has 2 atom stereocenters. The van der Waals surface area contributed by atoms with E-state index in [1.165, 1.54) is 25.3 Å². The van der Waals surface area contributed by atoms with E-state index >= 15 is 0 Å². The first kappa shape index (κ1) is 14.8. The van der Waals surface area contributed by atoms with Gasteiger partial charge in [0.2, 0.25) is 0 Å². The van der Waals surface area contributed by atoms with Crippen molar-refractivity contribution in [3.05, 3.63) is 39.8 Å². The lowest BCUT2D eigenvalue weighted by molar-refractivity contribution is 0.0243. The van der Waals surface area contributed by atoms with Gasteiger partial charge in [-0.3, -0.25) is 0 Å². The first-order valence-electron chi connectivity index (χ1n) is 5.35. The third-order valence-electron chi connectivity index (χ3n) is 2.44. The Labute approximate surface area is 109 Å². The zero-order valence-electron chi connectivity index (χ0n) is 10.2. The number of methoxy groups -OCH3 is 1. The molecule has 0 radical (unpaired) electrons. The molecule has 0 amide bonds. The number of anilines is 1. The molecule has 0 aliphatic carbocycles. The van der Waals surface area contributed by atoms with Crippen LogP contribution in [0.15, 0.2) is 23.3 Å². The highest BCUT2D eigenvalue weighted by molar-refractivity contribution is 5.90. The van der Waals surface area contributed by atoms with E-state index in [9.17, 15) is 15.0 Å². The number of azide groups is 1. The predicted molar refractivity (Wildman–Crippen MR) is 67.2 cm³/mol. The van der Waals surface area contributed by atoms with Crippen LogP contribution in [0, 0.1) is 0 Å². The molecule has 8 heteroatoms. The van der Waals surface area contributed by atoms with Crippen molar-refractivity contribution in [3.8, 4) is 0 Å². The van der Waals surface area contributed by atoms with Crippen LogP contribution >= 0.6 is 0 Å². The Hall–Kier alpha value is -2.28. The number of benzene rings is 1. The minimum Gasteiger partial charge on any atom is -0.465 e. The van der Waals surface area contributed by atoms with Crippen molar-refractivity contribution in [1.29, 1.82) is 0 Å². The van der Waals surface area contributed by atoms with Gasteiger partial charge in [0, 0.05) is 10.6 Å². The lowest BCUT2D eigenvalue weighted by atomic mass is 10.0. The molecule has 4 N–H and O–H groups in total. The molecule has 0 bridgehead atoms. The van der Waals surface area contributed by atoms with E-state index in [0.29, 0.717) is 0 Å². The van der Waals surface area contributed by atoms with E-state index in [1.807, 2.05) is 0 Å². The highest BCUT2D eigenvalue weighted by atomic mass is 16.5. The van der Waals surface area contributed by atoms with Crippen molar-refractivity contribution < 1.29 is 19.7 Å². The van der Waals surface area contributed by atoms with Crippen LogP contribution in [0.25, 0.3) is 10.4 Å². The van der Waals surface area contributed by atoms with Crippen molar-refractivity contribution in [1.82, 2.24) is 0 Å². The molecule has 0 aromatic heterocycles. The third-order valence-corrected chi connectivity index (χ3v) is 2.44. The van der Waals surface area contributed by atoms with Gasteiger partial charge in [0.15, 0.2) is 0 Å². The Balaban J connectivity index is 3.02. The van der Waals surface area contributed by atoms with Crippen LogP contribution in [0.1, 0.15) is 22.0 Å². The fourth-order valence-corrected chi connectivity index (χ4v) is 1.53. The molecule has 0 aliphatic rings. The summed E-state index contributed by atoms with van der Waals surface area (Å²) in [5, 5.41) is 22.6. The normalized spacial score (nSPS) is 13.2. The molecular weight excluding hydrogens is 252 g/mol. The van der Waals surface area contributed by atoms with Gasteiger partial charge in [-0.05, 0) is 29.3 Å². The number of hydrogen-bond acceptors (Lipinski definition) is 6. The summed E-state index contributed by atoms with van der Waals surface area (Å²) in [6.45, 7) is -0.292. The Bertz CT molecular complexity index is 513. The number of ether oxygens (including phenoxy) is 1. The largest absolute Gasteiger partial charge is 0.465 e. The Morgan fingerprint density at radius 2 is 2.21 bits per heavy atom. The second-order valence-electron chi connectivity index (χ2n) is 3.81. The summed E-state index contributed by atoms with van der Waals surface area (Å²) >= 11 is 0. The molecule has 8 nitrogen and oxygen atoms in total. The zero-order chi connectivity index (χ0) is 14.4. The number of nitrogens with zero attached hydrogens (tertiary/aromatic N) is 3. The standard InChI is InChI=1S/C11H14N4O4/c1-19-11(18)7-2-6(3-8(12)4-7)10(17)9(16)5-14-15-13/h2-4,9-10,16-17H,5,12H2,1H3. The predicted octanol–water partition coefficient (Wildman–Crippen LogP) is 0.760. The number of carbonyl (C=O) groups is 1. The van der Waals surface area contributed by atoms with Gasteiger partial charge in [0.1, 0.15) is 6.10 Å². The summed E-state index contributed by atoms with van der Waals surface area (Å²) < 4.78 is 4.55. The maximum Gasteiger partial charge on any atom is 0.337 e. The maximum atomic E-state index is 11.4. The van der Waals surface area contributed by atoms with Crippen LogP contribution in [-0.4, -0.2) is 35.9 Å². The van der Waals surface area contributed by atoms with Crippen molar-refractivity contribution in [2.24, 2.45) is 5.11 Å². The number of nitrogen functional groups attached to an aromatic ring is 1. The molecule has 0 saturated heterocycles. The van der Waals surface area contributed by atoms with Crippen LogP contribution in [0.4, 0.5) is 5.69 Å². The van der Waals surface area contributed by atoms with Crippen molar-refractivity contribution in [2.45, 2.75) is 12.2 Å². The molecule has 1 rings (SSSR count). The molecule has 1 aromatic carbocycles. The Morgan fingerprint density at radius 1 is 1.53 bits per heavy atom. The Morgan fingerprint density at radius 3 is 2.79 bits per heavy atom. The monoisotopic (exact) mass is 266 g/mol. The topological polar surface area (TPSA) is 142 Å². The van der Waals surface area contributed by atoms with Crippen LogP contribution in [-0.2, 0) is 4.74 Å². The average Bonchev–Trinajstić information content (AvgIpc) is 2.42. The van der Waals surface area contributed by atoms with E-state index in [4.69, 9.17) is 11.3 Å². The van der Waals surface area contributed by atoms with E-state index < -0.39 is 18.2 Å². The van der Waals surface area contributed by atoms with Crippen molar-refractivity contribution in [2.75, 3.05) is 19.4 Å². The lowest BCUT2D eigenvalue weighted by Crippen LogP contribution is -2.21. The molecule has 0 spiro atoms. The zero-order valence-corrected chi connectivity index (χ0v) is 10.2. The van der Waals surface area contributed by atoms with Crippen LogP contribution < -0.4 is 5.73 Å². The number of rotatable bonds is 5. The summed E-state index contributed by atoms with van der Waals surface area (Å²) in [6, 6.07) is 4.16. The van der Waals surface area contributed by atoms with E-state index in [2.05, 4.69) is 14.8 Å². The molecule has 19 heavy (non-hydrogen) atoms. The van der Waals surface area contributed by atoms with Gasteiger partial charge >= 0.3 is 5.97 Å². The number of carbonyl (C=O) groups excluding carboxylic acids is 1. The molecular formula is C11H14N4O4. The van der Waals surface area contributed by atoms with Gasteiger partial charge in [-0.25, -0.2) is 4.79 Å². The van der Waals surface area contributed by atoms with Crippen molar-refractivity contribution >= 4 is 11.7 Å². The van der Waals surface area contributed by atoms with Gasteiger partial charge < -0.3 is 20.7 Å². The summed E-state index contributed by atoms with van der Waals surface area (Å²) in [5.41, 5.74) is 14.4. The summed E-state index contributed by atoms with van der Waals surface area (Å²) in [4.78, 5) is 13.9. The second kappa shape index (κ2) is 6.60. The van der Waals surface area contributed by atoms with E-state index in [-0.39, 0.29) is 23.4 Å². The number of hydrogen-bond donors (Lipinski definition) is 3.